The Morgan fingerprint density at radius 1 is 1.08 bits per heavy atom. The Kier molecular flexibility index (Phi) is 5.17. The third kappa shape index (κ3) is 4.00. The zero-order chi connectivity index (χ0) is 18.5. The summed E-state index contributed by atoms with van der Waals surface area (Å²) in [6.07, 6.45) is 1.45. The second-order valence-corrected chi connectivity index (χ2v) is 6.01. The lowest BCUT2D eigenvalue weighted by Crippen LogP contribution is -2.24. The van der Waals surface area contributed by atoms with E-state index in [9.17, 15) is 14.4 Å². The SMILES string of the molecule is NC(=O)c1ccccc1NCC(=O)Nc1ccc(N2CCCC2=O)cc1. The van der Waals surface area contributed by atoms with Crippen molar-refractivity contribution in [2.75, 3.05) is 28.6 Å². The van der Waals surface area contributed by atoms with Crippen LogP contribution >= 0.6 is 0 Å². The fourth-order valence-corrected chi connectivity index (χ4v) is 2.88. The Balaban J connectivity index is 1.57. The van der Waals surface area contributed by atoms with Crippen LogP contribution in [0.3, 0.4) is 0 Å². The summed E-state index contributed by atoms with van der Waals surface area (Å²) >= 11 is 0. The number of benzene rings is 2. The third-order valence-electron chi connectivity index (χ3n) is 4.17. The van der Waals surface area contributed by atoms with Gasteiger partial charge in [-0.2, -0.15) is 0 Å². The van der Waals surface area contributed by atoms with Gasteiger partial charge in [0, 0.05) is 30.0 Å². The molecule has 1 aliphatic heterocycles. The summed E-state index contributed by atoms with van der Waals surface area (Å²) in [5.74, 6) is -0.686. The van der Waals surface area contributed by atoms with Crippen molar-refractivity contribution in [2.45, 2.75) is 12.8 Å². The first-order valence-electron chi connectivity index (χ1n) is 8.37. The number of anilines is 3. The van der Waals surface area contributed by atoms with E-state index in [4.69, 9.17) is 5.73 Å². The first-order chi connectivity index (χ1) is 12.5. The number of carbonyl (C=O) groups excluding carboxylic acids is 3. The smallest absolute Gasteiger partial charge is 0.250 e. The maximum Gasteiger partial charge on any atom is 0.250 e. The highest BCUT2D eigenvalue weighted by atomic mass is 16.2. The van der Waals surface area contributed by atoms with E-state index in [1.165, 1.54) is 0 Å². The van der Waals surface area contributed by atoms with Crippen molar-refractivity contribution in [3.8, 4) is 0 Å². The number of primary amides is 1. The fourth-order valence-electron chi connectivity index (χ4n) is 2.88. The normalized spacial score (nSPS) is 13.5. The topological polar surface area (TPSA) is 105 Å². The van der Waals surface area contributed by atoms with Gasteiger partial charge in [0.2, 0.25) is 11.8 Å². The number of rotatable bonds is 6. The standard InChI is InChI=1S/C19H20N4O3/c20-19(26)15-4-1-2-5-16(15)21-12-17(24)22-13-7-9-14(10-8-13)23-11-3-6-18(23)25/h1-2,4-5,7-10,21H,3,6,11-12H2,(H2,20,26)(H,22,24). The summed E-state index contributed by atoms with van der Waals surface area (Å²) in [5.41, 5.74) is 7.63. The van der Waals surface area contributed by atoms with Gasteiger partial charge in [-0.15, -0.1) is 0 Å². The van der Waals surface area contributed by atoms with Gasteiger partial charge in [-0.1, -0.05) is 12.1 Å². The molecule has 0 bridgehead atoms. The van der Waals surface area contributed by atoms with Gasteiger partial charge in [0.05, 0.1) is 12.1 Å². The number of amides is 3. The predicted octanol–water partition coefficient (Wildman–Crippen LogP) is 1.96. The van der Waals surface area contributed by atoms with Crippen LogP contribution in [0.2, 0.25) is 0 Å². The highest BCUT2D eigenvalue weighted by molar-refractivity contribution is 6.00. The molecule has 0 aliphatic carbocycles. The minimum Gasteiger partial charge on any atom is -0.376 e. The molecule has 0 spiro atoms. The van der Waals surface area contributed by atoms with E-state index < -0.39 is 5.91 Å². The minimum atomic E-state index is -0.555. The molecule has 0 radical (unpaired) electrons. The van der Waals surface area contributed by atoms with Gasteiger partial charge in [0.15, 0.2) is 0 Å². The number of hydrogen-bond donors (Lipinski definition) is 3. The Morgan fingerprint density at radius 3 is 2.46 bits per heavy atom. The van der Waals surface area contributed by atoms with Crippen LogP contribution in [0.1, 0.15) is 23.2 Å². The molecule has 2 aromatic rings. The third-order valence-corrected chi connectivity index (χ3v) is 4.17. The monoisotopic (exact) mass is 352 g/mol. The van der Waals surface area contributed by atoms with Crippen LogP contribution in [-0.2, 0) is 9.59 Å². The van der Waals surface area contributed by atoms with E-state index in [-0.39, 0.29) is 18.4 Å². The van der Waals surface area contributed by atoms with Crippen LogP contribution in [0.25, 0.3) is 0 Å². The zero-order valence-corrected chi connectivity index (χ0v) is 14.2. The molecule has 0 saturated carbocycles. The van der Waals surface area contributed by atoms with E-state index in [0.29, 0.717) is 23.4 Å². The van der Waals surface area contributed by atoms with Gasteiger partial charge in [-0.3, -0.25) is 14.4 Å². The maximum atomic E-state index is 12.1. The van der Waals surface area contributed by atoms with Gasteiger partial charge in [0.1, 0.15) is 0 Å². The second kappa shape index (κ2) is 7.69. The van der Waals surface area contributed by atoms with Gasteiger partial charge < -0.3 is 21.3 Å². The van der Waals surface area contributed by atoms with Crippen LogP contribution < -0.4 is 21.3 Å². The van der Waals surface area contributed by atoms with E-state index in [1.807, 2.05) is 12.1 Å². The van der Waals surface area contributed by atoms with Gasteiger partial charge >= 0.3 is 0 Å². The van der Waals surface area contributed by atoms with Crippen LogP contribution in [-0.4, -0.2) is 30.8 Å². The Morgan fingerprint density at radius 2 is 1.81 bits per heavy atom. The first kappa shape index (κ1) is 17.5. The second-order valence-electron chi connectivity index (χ2n) is 6.01. The molecule has 7 heteroatoms. The van der Waals surface area contributed by atoms with Crippen molar-refractivity contribution >= 4 is 34.8 Å². The van der Waals surface area contributed by atoms with Crippen molar-refractivity contribution in [2.24, 2.45) is 5.73 Å². The number of carbonyl (C=O) groups is 3. The summed E-state index contributed by atoms with van der Waals surface area (Å²) in [5, 5.41) is 5.68. The van der Waals surface area contributed by atoms with E-state index in [1.54, 1.807) is 41.3 Å². The van der Waals surface area contributed by atoms with E-state index >= 15 is 0 Å². The zero-order valence-electron chi connectivity index (χ0n) is 14.2. The molecular formula is C19H20N4O3. The lowest BCUT2D eigenvalue weighted by atomic mass is 10.1. The molecular weight excluding hydrogens is 332 g/mol. The molecule has 26 heavy (non-hydrogen) atoms. The molecule has 0 aromatic heterocycles. The van der Waals surface area contributed by atoms with Crippen LogP contribution in [0.15, 0.2) is 48.5 Å². The highest BCUT2D eigenvalue weighted by Crippen LogP contribution is 2.23. The molecule has 1 fully saturated rings. The molecule has 7 nitrogen and oxygen atoms in total. The van der Waals surface area contributed by atoms with Crippen molar-refractivity contribution in [1.82, 2.24) is 0 Å². The molecule has 3 amide bonds. The van der Waals surface area contributed by atoms with Gasteiger partial charge in [-0.05, 0) is 42.8 Å². The summed E-state index contributed by atoms with van der Waals surface area (Å²) in [4.78, 5) is 37.0. The lowest BCUT2D eigenvalue weighted by molar-refractivity contribution is -0.117. The number of nitrogens with zero attached hydrogens (tertiary/aromatic N) is 1. The van der Waals surface area contributed by atoms with E-state index in [2.05, 4.69) is 10.6 Å². The van der Waals surface area contributed by atoms with Crippen molar-refractivity contribution in [1.29, 1.82) is 0 Å². The summed E-state index contributed by atoms with van der Waals surface area (Å²) in [6, 6.07) is 13.9. The summed E-state index contributed by atoms with van der Waals surface area (Å²) in [7, 11) is 0. The maximum absolute atomic E-state index is 12.1. The molecule has 134 valence electrons. The Hall–Kier alpha value is -3.35. The number of nitrogens with two attached hydrogens (primary N) is 1. The van der Waals surface area contributed by atoms with Crippen LogP contribution in [0.5, 0.6) is 0 Å². The summed E-state index contributed by atoms with van der Waals surface area (Å²) in [6.45, 7) is 0.727. The average Bonchev–Trinajstić information content (AvgIpc) is 3.07. The fraction of sp³-hybridized carbons (Fsp3) is 0.211. The molecule has 1 heterocycles. The molecule has 3 rings (SSSR count). The number of hydrogen-bond acceptors (Lipinski definition) is 4. The molecule has 0 unspecified atom stereocenters. The van der Waals surface area contributed by atoms with Gasteiger partial charge in [-0.25, -0.2) is 0 Å². The molecule has 1 saturated heterocycles. The Labute approximate surface area is 151 Å². The largest absolute Gasteiger partial charge is 0.376 e. The minimum absolute atomic E-state index is 0.00332. The number of nitrogens with one attached hydrogen (secondary N) is 2. The Bertz CT molecular complexity index is 833. The highest BCUT2D eigenvalue weighted by Gasteiger charge is 2.21. The molecule has 4 N–H and O–H groups in total. The van der Waals surface area contributed by atoms with Crippen molar-refractivity contribution in [3.63, 3.8) is 0 Å². The van der Waals surface area contributed by atoms with Gasteiger partial charge in [0.25, 0.3) is 5.91 Å². The molecule has 0 atom stereocenters. The first-order valence-corrected chi connectivity index (χ1v) is 8.37. The molecule has 1 aliphatic rings. The van der Waals surface area contributed by atoms with Crippen molar-refractivity contribution < 1.29 is 14.4 Å². The quantitative estimate of drug-likeness (QED) is 0.739. The van der Waals surface area contributed by atoms with Crippen LogP contribution in [0.4, 0.5) is 17.1 Å². The van der Waals surface area contributed by atoms with E-state index in [0.717, 1.165) is 18.7 Å². The predicted molar refractivity (Wildman–Crippen MR) is 100 cm³/mol. The lowest BCUT2D eigenvalue weighted by Gasteiger charge is -2.16. The van der Waals surface area contributed by atoms with Crippen LogP contribution in [0, 0.1) is 0 Å². The summed E-state index contributed by atoms with van der Waals surface area (Å²) < 4.78 is 0. The number of para-hydroxylation sites is 1. The van der Waals surface area contributed by atoms with Crippen molar-refractivity contribution in [3.05, 3.63) is 54.1 Å². The average molecular weight is 352 g/mol. The molecule has 2 aromatic carbocycles.